The zero-order valence-electron chi connectivity index (χ0n) is 9.19. The number of aromatic nitrogens is 2. The van der Waals surface area contributed by atoms with E-state index in [-0.39, 0.29) is 0 Å². The summed E-state index contributed by atoms with van der Waals surface area (Å²) in [6.45, 7) is 4.04. The van der Waals surface area contributed by atoms with Gasteiger partial charge in [-0.3, -0.25) is 0 Å². The van der Waals surface area contributed by atoms with E-state index in [9.17, 15) is 0 Å². The van der Waals surface area contributed by atoms with Gasteiger partial charge in [-0.25, -0.2) is 4.68 Å². The fourth-order valence-electron chi connectivity index (χ4n) is 1.61. The van der Waals surface area contributed by atoms with E-state index in [1.165, 1.54) is 0 Å². The van der Waals surface area contributed by atoms with Crippen LogP contribution in [0.2, 0.25) is 0 Å². The lowest BCUT2D eigenvalue weighted by atomic mass is 10.3. The van der Waals surface area contributed by atoms with E-state index in [1.807, 2.05) is 42.8 Å². The average Bonchev–Trinajstić information content (AvgIpc) is 2.58. The molecule has 0 saturated carbocycles. The van der Waals surface area contributed by atoms with Crippen molar-refractivity contribution in [1.29, 1.82) is 0 Å². The van der Waals surface area contributed by atoms with Gasteiger partial charge in [-0.1, -0.05) is 0 Å². The zero-order valence-corrected chi connectivity index (χ0v) is 9.19. The predicted molar refractivity (Wildman–Crippen MR) is 59.6 cm³/mol. The lowest BCUT2D eigenvalue weighted by Gasteiger charge is -2.05. The van der Waals surface area contributed by atoms with Gasteiger partial charge in [0.2, 0.25) is 0 Å². The summed E-state index contributed by atoms with van der Waals surface area (Å²) in [5.74, 6) is 0.861. The Bertz CT molecular complexity index is 457. The summed E-state index contributed by atoms with van der Waals surface area (Å²) < 4.78 is 7.04. The number of methoxy groups -OCH3 is 1. The second-order valence-electron chi connectivity index (χ2n) is 3.54. The molecule has 0 radical (unpaired) electrons. The second-order valence-corrected chi connectivity index (χ2v) is 3.54. The minimum Gasteiger partial charge on any atom is -0.497 e. The smallest absolute Gasteiger partial charge is 0.119 e. The Balaban J connectivity index is 2.41. The molecule has 1 aromatic carbocycles. The first kappa shape index (κ1) is 9.77. The molecule has 2 aromatic rings. The number of hydrogen-bond acceptors (Lipinski definition) is 2. The van der Waals surface area contributed by atoms with Crippen LogP contribution in [-0.4, -0.2) is 16.9 Å². The van der Waals surface area contributed by atoms with Crippen molar-refractivity contribution < 1.29 is 4.74 Å². The topological polar surface area (TPSA) is 27.1 Å². The molecule has 2 rings (SSSR count). The quantitative estimate of drug-likeness (QED) is 0.748. The molecule has 0 amide bonds. The Labute approximate surface area is 89.3 Å². The first-order valence-electron chi connectivity index (χ1n) is 4.88. The molecule has 1 aromatic heterocycles. The monoisotopic (exact) mass is 202 g/mol. The average molecular weight is 202 g/mol. The molecular formula is C12H14N2O. The van der Waals surface area contributed by atoms with Crippen LogP contribution in [0, 0.1) is 13.8 Å². The number of aryl methyl sites for hydroxylation is 2. The number of ether oxygens (including phenoxy) is 1. The molecule has 0 spiro atoms. The molecule has 0 unspecified atom stereocenters. The van der Waals surface area contributed by atoms with Gasteiger partial charge in [-0.15, -0.1) is 0 Å². The molecule has 0 saturated heterocycles. The van der Waals surface area contributed by atoms with Crippen molar-refractivity contribution in [3.05, 3.63) is 41.7 Å². The minimum absolute atomic E-state index is 0.861. The van der Waals surface area contributed by atoms with Gasteiger partial charge in [-0.2, -0.15) is 5.10 Å². The van der Waals surface area contributed by atoms with Crippen LogP contribution in [0.5, 0.6) is 5.75 Å². The van der Waals surface area contributed by atoms with Gasteiger partial charge in [0.25, 0.3) is 0 Å². The van der Waals surface area contributed by atoms with Gasteiger partial charge in [-0.05, 0) is 44.2 Å². The Morgan fingerprint density at radius 1 is 1.13 bits per heavy atom. The van der Waals surface area contributed by atoms with E-state index in [1.54, 1.807) is 7.11 Å². The van der Waals surface area contributed by atoms with E-state index in [0.29, 0.717) is 0 Å². The van der Waals surface area contributed by atoms with Gasteiger partial charge < -0.3 is 4.74 Å². The van der Waals surface area contributed by atoms with Gasteiger partial charge in [0.1, 0.15) is 5.75 Å². The summed E-state index contributed by atoms with van der Waals surface area (Å²) >= 11 is 0. The molecule has 0 N–H and O–H groups in total. The maximum Gasteiger partial charge on any atom is 0.119 e. The molecule has 0 aliphatic heterocycles. The van der Waals surface area contributed by atoms with Crippen LogP contribution in [0.15, 0.2) is 30.3 Å². The van der Waals surface area contributed by atoms with Crippen LogP contribution in [0.25, 0.3) is 5.69 Å². The molecule has 0 atom stereocenters. The molecule has 1 heterocycles. The normalized spacial score (nSPS) is 10.3. The highest BCUT2D eigenvalue weighted by molar-refractivity contribution is 5.38. The van der Waals surface area contributed by atoms with Crippen molar-refractivity contribution in [3.8, 4) is 11.4 Å². The first-order valence-corrected chi connectivity index (χ1v) is 4.88. The molecule has 0 bridgehead atoms. The van der Waals surface area contributed by atoms with E-state index < -0.39 is 0 Å². The highest BCUT2D eigenvalue weighted by atomic mass is 16.5. The maximum atomic E-state index is 5.11. The Morgan fingerprint density at radius 3 is 2.27 bits per heavy atom. The predicted octanol–water partition coefficient (Wildman–Crippen LogP) is 2.50. The third-order valence-electron chi connectivity index (χ3n) is 2.33. The van der Waals surface area contributed by atoms with Crippen molar-refractivity contribution in [2.75, 3.05) is 7.11 Å². The van der Waals surface area contributed by atoms with Crippen LogP contribution in [0.1, 0.15) is 11.4 Å². The highest BCUT2D eigenvalue weighted by Crippen LogP contribution is 2.16. The molecule has 3 heteroatoms. The number of nitrogens with zero attached hydrogens (tertiary/aromatic N) is 2. The third-order valence-corrected chi connectivity index (χ3v) is 2.33. The number of benzene rings is 1. The molecule has 0 fully saturated rings. The largest absolute Gasteiger partial charge is 0.497 e. The van der Waals surface area contributed by atoms with Gasteiger partial charge in [0.05, 0.1) is 18.5 Å². The third kappa shape index (κ3) is 1.86. The van der Waals surface area contributed by atoms with Crippen molar-refractivity contribution in [1.82, 2.24) is 9.78 Å². The Hall–Kier alpha value is -1.77. The van der Waals surface area contributed by atoms with Crippen LogP contribution < -0.4 is 4.74 Å². The lowest BCUT2D eigenvalue weighted by Crippen LogP contribution is -1.98. The van der Waals surface area contributed by atoms with Crippen molar-refractivity contribution in [2.24, 2.45) is 0 Å². The summed E-state index contributed by atoms with van der Waals surface area (Å²) in [4.78, 5) is 0. The molecule has 3 nitrogen and oxygen atoms in total. The molecule has 0 aliphatic carbocycles. The minimum atomic E-state index is 0.861. The number of hydrogen-bond donors (Lipinski definition) is 0. The van der Waals surface area contributed by atoms with Crippen molar-refractivity contribution in [2.45, 2.75) is 13.8 Å². The first-order chi connectivity index (χ1) is 7.20. The number of rotatable bonds is 2. The lowest BCUT2D eigenvalue weighted by molar-refractivity contribution is 0.414. The van der Waals surface area contributed by atoms with E-state index >= 15 is 0 Å². The van der Waals surface area contributed by atoms with E-state index in [4.69, 9.17) is 4.74 Å². The molecule has 15 heavy (non-hydrogen) atoms. The Kier molecular flexibility index (Phi) is 2.46. The van der Waals surface area contributed by atoms with Crippen LogP contribution in [-0.2, 0) is 0 Å². The van der Waals surface area contributed by atoms with E-state index in [0.717, 1.165) is 22.8 Å². The van der Waals surface area contributed by atoms with E-state index in [2.05, 4.69) is 11.2 Å². The Morgan fingerprint density at radius 2 is 1.80 bits per heavy atom. The summed E-state index contributed by atoms with van der Waals surface area (Å²) in [6.07, 6.45) is 0. The highest BCUT2D eigenvalue weighted by Gasteiger charge is 2.02. The fourth-order valence-corrected chi connectivity index (χ4v) is 1.61. The SMILES string of the molecule is COc1ccc(-n2nc(C)cc2C)cc1. The van der Waals surface area contributed by atoms with Crippen molar-refractivity contribution in [3.63, 3.8) is 0 Å². The summed E-state index contributed by atoms with van der Waals surface area (Å²) in [5.41, 5.74) is 3.22. The van der Waals surface area contributed by atoms with Gasteiger partial charge >= 0.3 is 0 Å². The standard InChI is InChI=1S/C12H14N2O/c1-9-8-10(2)14(13-9)11-4-6-12(15-3)7-5-11/h4-8H,1-3H3. The fraction of sp³-hybridized carbons (Fsp3) is 0.250. The maximum absolute atomic E-state index is 5.11. The van der Waals surface area contributed by atoms with Crippen LogP contribution >= 0.6 is 0 Å². The molecule has 0 aliphatic rings. The van der Waals surface area contributed by atoms with Crippen LogP contribution in [0.3, 0.4) is 0 Å². The molecule has 78 valence electrons. The zero-order chi connectivity index (χ0) is 10.8. The van der Waals surface area contributed by atoms with Crippen LogP contribution in [0.4, 0.5) is 0 Å². The summed E-state index contributed by atoms with van der Waals surface area (Å²) in [7, 11) is 1.66. The summed E-state index contributed by atoms with van der Waals surface area (Å²) in [5, 5.41) is 4.41. The van der Waals surface area contributed by atoms with Gasteiger partial charge in [0.15, 0.2) is 0 Å². The second kappa shape index (κ2) is 3.77. The van der Waals surface area contributed by atoms with Gasteiger partial charge in [0, 0.05) is 5.69 Å². The van der Waals surface area contributed by atoms with Crippen molar-refractivity contribution >= 4 is 0 Å². The summed E-state index contributed by atoms with van der Waals surface area (Å²) in [6, 6.07) is 9.93. The molecular weight excluding hydrogens is 188 g/mol.